The van der Waals surface area contributed by atoms with Gasteiger partial charge in [-0.1, -0.05) is 24.8 Å². The third kappa shape index (κ3) is 3.57. The Labute approximate surface area is 142 Å². The average Bonchev–Trinajstić information content (AvgIpc) is 2.57. The van der Waals surface area contributed by atoms with E-state index < -0.39 is 0 Å². The van der Waals surface area contributed by atoms with E-state index >= 15 is 0 Å². The number of hydrogen-bond donors (Lipinski definition) is 0. The van der Waals surface area contributed by atoms with Crippen LogP contribution in [0, 0.1) is 13.8 Å². The number of anilines is 1. The lowest BCUT2D eigenvalue weighted by molar-refractivity contribution is -0.115. The predicted octanol–water partition coefficient (Wildman–Crippen LogP) is 4.55. The van der Waals surface area contributed by atoms with Gasteiger partial charge in [-0.3, -0.25) is 9.69 Å². The van der Waals surface area contributed by atoms with Gasteiger partial charge in [-0.2, -0.15) is 0 Å². The van der Waals surface area contributed by atoms with Crippen LogP contribution >= 0.6 is 11.6 Å². The number of hydrogen-bond acceptors (Lipinski definition) is 2. The van der Waals surface area contributed by atoms with Gasteiger partial charge in [0.1, 0.15) is 11.6 Å². The van der Waals surface area contributed by atoms with Gasteiger partial charge in [-0.05, 0) is 54.8 Å². The monoisotopic (exact) mass is 329 g/mol. The molecule has 0 bridgehead atoms. The minimum absolute atomic E-state index is 0.108. The molecule has 2 rings (SSSR count). The fourth-order valence-electron chi connectivity index (χ4n) is 2.54. The number of nitrogens with zero attached hydrogens (tertiary/aromatic N) is 1. The number of ether oxygens (including phenoxy) is 1. The Bertz CT molecular complexity index is 702. The predicted molar refractivity (Wildman–Crippen MR) is 96.2 cm³/mol. The van der Waals surface area contributed by atoms with Gasteiger partial charge in [-0.25, -0.2) is 0 Å². The molecule has 2 aromatic carbocycles. The van der Waals surface area contributed by atoms with Gasteiger partial charge in [0.15, 0.2) is 0 Å². The summed E-state index contributed by atoms with van der Waals surface area (Å²) in [6.45, 7) is 8.05. The molecule has 0 heterocycles. The maximum atomic E-state index is 12.5. The molecule has 2 aromatic rings. The van der Waals surface area contributed by atoms with E-state index in [0.29, 0.717) is 5.70 Å². The summed E-state index contributed by atoms with van der Waals surface area (Å²) in [5.74, 6) is 0.442. The zero-order valence-electron chi connectivity index (χ0n) is 13.6. The zero-order valence-corrected chi connectivity index (χ0v) is 14.4. The molecule has 0 aliphatic rings. The molecule has 0 saturated carbocycles. The van der Waals surface area contributed by atoms with Gasteiger partial charge in [0, 0.05) is 5.70 Å². The maximum absolute atomic E-state index is 12.5. The van der Waals surface area contributed by atoms with Crippen molar-refractivity contribution in [2.75, 3.05) is 17.9 Å². The van der Waals surface area contributed by atoms with Crippen LogP contribution in [-0.2, 0) is 4.79 Å². The largest absolute Gasteiger partial charge is 0.497 e. The molecule has 0 fully saturated rings. The molecule has 0 atom stereocenters. The van der Waals surface area contributed by atoms with Gasteiger partial charge in [0.05, 0.1) is 12.8 Å². The molecule has 0 unspecified atom stereocenters. The van der Waals surface area contributed by atoms with E-state index in [0.717, 1.165) is 28.1 Å². The Morgan fingerprint density at radius 2 is 1.70 bits per heavy atom. The molecular formula is C19H20ClNO2. The first-order chi connectivity index (χ1) is 11.0. The lowest BCUT2D eigenvalue weighted by Crippen LogP contribution is -2.31. The molecule has 0 aliphatic carbocycles. The van der Waals surface area contributed by atoms with Crippen LogP contribution in [0.3, 0.4) is 0 Å². The van der Waals surface area contributed by atoms with E-state index in [-0.39, 0.29) is 11.8 Å². The summed E-state index contributed by atoms with van der Waals surface area (Å²) in [5, 5.41) is 0. The third-order valence-corrected chi connectivity index (χ3v) is 3.95. The number of carbonyl (C=O) groups excluding carboxylic acids is 1. The van der Waals surface area contributed by atoms with Crippen molar-refractivity contribution in [2.24, 2.45) is 0 Å². The summed E-state index contributed by atoms with van der Waals surface area (Å²) in [6, 6.07) is 13.3. The average molecular weight is 330 g/mol. The smallest absolute Gasteiger partial charge is 0.246 e. The summed E-state index contributed by atoms with van der Waals surface area (Å²) in [6.07, 6.45) is 0. The molecular weight excluding hydrogens is 310 g/mol. The van der Waals surface area contributed by atoms with E-state index in [4.69, 9.17) is 16.3 Å². The molecule has 0 saturated heterocycles. The molecule has 0 aliphatic heterocycles. The number of carbonyl (C=O) groups is 1. The van der Waals surface area contributed by atoms with Gasteiger partial charge in [-0.15, -0.1) is 11.6 Å². The van der Waals surface area contributed by atoms with Crippen molar-refractivity contribution in [1.29, 1.82) is 0 Å². The van der Waals surface area contributed by atoms with Crippen molar-refractivity contribution in [3.05, 3.63) is 65.7 Å². The fraction of sp³-hybridized carbons (Fsp3) is 0.211. The quantitative estimate of drug-likeness (QED) is 0.753. The molecule has 3 nitrogen and oxygen atoms in total. The van der Waals surface area contributed by atoms with Gasteiger partial charge >= 0.3 is 0 Å². The van der Waals surface area contributed by atoms with Crippen LogP contribution in [0.4, 0.5) is 5.69 Å². The van der Waals surface area contributed by atoms with Gasteiger partial charge < -0.3 is 4.74 Å². The van der Waals surface area contributed by atoms with Crippen molar-refractivity contribution in [3.8, 4) is 5.75 Å². The summed E-state index contributed by atoms with van der Waals surface area (Å²) in [5.41, 5.74) is 4.26. The zero-order chi connectivity index (χ0) is 17.0. The van der Waals surface area contributed by atoms with E-state index in [1.165, 1.54) is 0 Å². The number of alkyl halides is 1. The number of methoxy groups -OCH3 is 1. The normalized spacial score (nSPS) is 10.3. The van der Waals surface area contributed by atoms with Crippen LogP contribution < -0.4 is 9.64 Å². The molecule has 1 amide bonds. The number of benzene rings is 2. The van der Waals surface area contributed by atoms with Crippen molar-refractivity contribution >= 4 is 28.9 Å². The third-order valence-electron chi connectivity index (χ3n) is 3.72. The first-order valence-corrected chi connectivity index (χ1v) is 7.81. The highest BCUT2D eigenvalue weighted by atomic mass is 35.5. The Kier molecular flexibility index (Phi) is 5.45. The minimum atomic E-state index is -0.204. The van der Waals surface area contributed by atoms with Gasteiger partial charge in [0.2, 0.25) is 5.91 Å². The van der Waals surface area contributed by atoms with Crippen molar-refractivity contribution in [3.63, 3.8) is 0 Å². The number of rotatable bonds is 5. The lowest BCUT2D eigenvalue weighted by Gasteiger charge is -2.27. The van der Waals surface area contributed by atoms with Crippen molar-refractivity contribution < 1.29 is 9.53 Å². The van der Waals surface area contributed by atoms with Crippen molar-refractivity contribution in [2.45, 2.75) is 13.8 Å². The van der Waals surface area contributed by atoms with E-state index in [2.05, 4.69) is 6.58 Å². The number of halogens is 1. The van der Waals surface area contributed by atoms with E-state index in [1.807, 2.05) is 56.3 Å². The number of amides is 1. The minimum Gasteiger partial charge on any atom is -0.497 e. The molecule has 0 radical (unpaired) electrons. The highest BCUT2D eigenvalue weighted by Gasteiger charge is 2.22. The van der Waals surface area contributed by atoms with E-state index in [9.17, 15) is 4.79 Å². The first-order valence-electron chi connectivity index (χ1n) is 7.28. The topological polar surface area (TPSA) is 29.5 Å². The van der Waals surface area contributed by atoms with Crippen LogP contribution in [-0.4, -0.2) is 18.9 Å². The second-order valence-corrected chi connectivity index (χ2v) is 5.55. The summed E-state index contributed by atoms with van der Waals surface area (Å²) in [7, 11) is 1.61. The standard InChI is InChI=1S/C19H20ClNO2/c1-13-6-5-7-14(2)19(13)21(18(22)12-20)15(3)16-8-10-17(23-4)11-9-16/h5-11H,3,12H2,1-2,4H3. The maximum Gasteiger partial charge on any atom is 0.246 e. The molecule has 0 aromatic heterocycles. The lowest BCUT2D eigenvalue weighted by atomic mass is 10.0. The van der Waals surface area contributed by atoms with Crippen LogP contribution in [0.5, 0.6) is 5.75 Å². The Hall–Kier alpha value is -2.26. The molecule has 4 heteroatoms. The number of para-hydroxylation sites is 1. The molecule has 23 heavy (non-hydrogen) atoms. The highest BCUT2D eigenvalue weighted by Crippen LogP contribution is 2.32. The first kappa shape index (κ1) is 17.1. The van der Waals surface area contributed by atoms with Gasteiger partial charge in [0.25, 0.3) is 0 Å². The second-order valence-electron chi connectivity index (χ2n) is 5.28. The van der Waals surface area contributed by atoms with Crippen LogP contribution in [0.25, 0.3) is 5.70 Å². The van der Waals surface area contributed by atoms with E-state index in [1.54, 1.807) is 12.0 Å². The summed E-state index contributed by atoms with van der Waals surface area (Å²) >= 11 is 5.83. The Morgan fingerprint density at radius 1 is 1.13 bits per heavy atom. The Balaban J connectivity index is 2.50. The number of aryl methyl sites for hydroxylation is 2. The van der Waals surface area contributed by atoms with Crippen LogP contribution in [0.1, 0.15) is 16.7 Å². The SMILES string of the molecule is C=C(c1ccc(OC)cc1)N(C(=O)CCl)c1c(C)cccc1C. The molecule has 120 valence electrons. The molecule has 0 N–H and O–H groups in total. The second kappa shape index (κ2) is 7.34. The highest BCUT2D eigenvalue weighted by molar-refractivity contribution is 6.31. The van der Waals surface area contributed by atoms with Crippen molar-refractivity contribution in [1.82, 2.24) is 0 Å². The van der Waals surface area contributed by atoms with Crippen LogP contribution in [0.2, 0.25) is 0 Å². The van der Waals surface area contributed by atoms with Crippen LogP contribution in [0.15, 0.2) is 49.0 Å². The fourth-order valence-corrected chi connectivity index (χ4v) is 2.66. The summed E-state index contributed by atoms with van der Waals surface area (Å²) in [4.78, 5) is 14.1. The summed E-state index contributed by atoms with van der Waals surface area (Å²) < 4.78 is 5.17. The molecule has 0 spiro atoms. The Morgan fingerprint density at radius 3 is 2.17 bits per heavy atom.